The van der Waals surface area contributed by atoms with E-state index in [1.807, 2.05) is 0 Å². The van der Waals surface area contributed by atoms with Crippen molar-refractivity contribution in [1.29, 1.82) is 0 Å². The Morgan fingerprint density at radius 1 is 0.750 bits per heavy atom. The second kappa shape index (κ2) is 22.0. The number of hydrogen-bond acceptors (Lipinski definition) is 12. The average molecular weight is 680 g/mol. The number of benzene rings is 1. The number of hydrogen-bond donors (Lipinski definition) is 3. The van der Waals surface area contributed by atoms with E-state index in [1.165, 1.54) is 18.2 Å². The summed E-state index contributed by atoms with van der Waals surface area (Å²) in [6, 6.07) is 3.34. The van der Waals surface area contributed by atoms with Crippen molar-refractivity contribution in [3.05, 3.63) is 29.3 Å². The fourth-order valence-electron chi connectivity index (χ4n) is 4.90. The lowest BCUT2D eigenvalue weighted by Gasteiger charge is -2.27. The number of carboxylic acid groups (broad SMARTS) is 1. The number of nitrogens with zero attached hydrogens (tertiary/aromatic N) is 1. The van der Waals surface area contributed by atoms with Crippen molar-refractivity contribution in [2.24, 2.45) is 0 Å². The summed E-state index contributed by atoms with van der Waals surface area (Å²) in [5, 5.41) is 13.3. The minimum absolute atomic E-state index is 0.00871. The largest absolute Gasteiger partial charge is 0.481 e. The maximum Gasteiger partial charge on any atom is 0.303 e. The highest BCUT2D eigenvalue weighted by atomic mass is 16.6. The van der Waals surface area contributed by atoms with Gasteiger partial charge in [-0.2, -0.15) is 0 Å². The Bertz CT molecular complexity index is 1240. The van der Waals surface area contributed by atoms with E-state index < -0.39 is 41.5 Å². The number of nitrogens with one attached hydrogen (secondary N) is 2. The monoisotopic (exact) mass is 679 g/mol. The number of anilines is 1. The summed E-state index contributed by atoms with van der Waals surface area (Å²) in [5.41, 5.74) is 0.174. The van der Waals surface area contributed by atoms with Gasteiger partial charge in [0.2, 0.25) is 17.7 Å². The molecule has 5 amide bonds. The summed E-state index contributed by atoms with van der Waals surface area (Å²) in [6.07, 6.45) is 3.72. The van der Waals surface area contributed by atoms with Crippen molar-refractivity contribution in [3.8, 4) is 0 Å². The molecule has 48 heavy (non-hydrogen) atoms. The summed E-state index contributed by atoms with van der Waals surface area (Å²) in [7, 11) is 0. The first-order chi connectivity index (χ1) is 23.3. The van der Waals surface area contributed by atoms with Gasteiger partial charge in [-0.3, -0.25) is 39.0 Å². The molecule has 0 aliphatic carbocycles. The predicted molar refractivity (Wildman–Crippen MR) is 167 cm³/mol. The Hall–Kier alpha value is -3.80. The number of piperidine rings is 1. The highest BCUT2D eigenvalue weighted by molar-refractivity contribution is 6.26. The molecule has 1 aromatic rings. The van der Waals surface area contributed by atoms with E-state index in [0.717, 1.165) is 24.2 Å². The Balaban J connectivity index is 1.13. The summed E-state index contributed by atoms with van der Waals surface area (Å²) < 4.78 is 32.5. The summed E-state index contributed by atoms with van der Waals surface area (Å²) in [4.78, 5) is 73.5. The molecule has 2 heterocycles. The SMILES string of the molecule is O=C(O)CCCCCCOCCOCCOCCOCCOCCOCC(=O)Nc1cccc2c1C(=O)N(C1CCC(=O)NC1=O)C2=O. The van der Waals surface area contributed by atoms with Gasteiger partial charge in [0.25, 0.3) is 11.8 Å². The first kappa shape index (κ1) is 38.6. The lowest BCUT2D eigenvalue weighted by molar-refractivity contribution is -0.138. The van der Waals surface area contributed by atoms with Crippen LogP contribution in [0.25, 0.3) is 0 Å². The number of carboxylic acids is 1. The summed E-state index contributed by atoms with van der Waals surface area (Å²) in [6.45, 7) is 4.09. The first-order valence-corrected chi connectivity index (χ1v) is 16.1. The van der Waals surface area contributed by atoms with E-state index in [0.29, 0.717) is 65.9 Å². The number of ether oxygens (including phenoxy) is 6. The predicted octanol–water partition coefficient (Wildman–Crippen LogP) is 1.16. The van der Waals surface area contributed by atoms with E-state index in [1.54, 1.807) is 0 Å². The third-order valence-corrected chi connectivity index (χ3v) is 7.26. The Morgan fingerprint density at radius 2 is 1.31 bits per heavy atom. The molecule has 1 aromatic carbocycles. The van der Waals surface area contributed by atoms with Crippen LogP contribution in [0.2, 0.25) is 0 Å². The van der Waals surface area contributed by atoms with Crippen LogP contribution in [0.5, 0.6) is 0 Å². The van der Waals surface area contributed by atoms with Gasteiger partial charge in [-0.15, -0.1) is 0 Å². The van der Waals surface area contributed by atoms with Gasteiger partial charge >= 0.3 is 5.97 Å². The van der Waals surface area contributed by atoms with Crippen LogP contribution in [0.3, 0.4) is 0 Å². The average Bonchev–Trinajstić information content (AvgIpc) is 3.31. The van der Waals surface area contributed by atoms with Gasteiger partial charge in [-0.05, 0) is 31.4 Å². The molecule has 0 spiro atoms. The molecule has 1 unspecified atom stereocenters. The van der Waals surface area contributed by atoms with E-state index in [4.69, 9.17) is 33.5 Å². The molecule has 1 atom stereocenters. The van der Waals surface area contributed by atoms with E-state index in [9.17, 15) is 28.8 Å². The molecule has 16 nitrogen and oxygen atoms in total. The van der Waals surface area contributed by atoms with Crippen LogP contribution in [-0.4, -0.2) is 131 Å². The molecule has 3 rings (SSSR count). The van der Waals surface area contributed by atoms with Crippen molar-refractivity contribution < 1.29 is 62.3 Å². The van der Waals surface area contributed by atoms with Crippen LogP contribution < -0.4 is 10.6 Å². The van der Waals surface area contributed by atoms with Gasteiger partial charge in [0, 0.05) is 19.4 Å². The van der Waals surface area contributed by atoms with Gasteiger partial charge in [0.05, 0.1) is 82.9 Å². The van der Waals surface area contributed by atoms with E-state index in [2.05, 4.69) is 10.6 Å². The standard InChI is InChI=1S/C32H45N3O13/c36-26-10-9-25(30(40)34-26)35-31(41)23-6-5-7-24(29(23)32(35)42)33-27(37)22-48-21-20-47-19-18-46-17-16-45-15-14-44-13-12-43-11-4-2-1-3-8-28(38)39/h5-7,25H,1-4,8-22H2,(H,33,37)(H,38,39)(H,34,36,40). The van der Waals surface area contributed by atoms with Crippen molar-refractivity contribution in [2.75, 3.05) is 84.6 Å². The van der Waals surface area contributed by atoms with Crippen LogP contribution in [-0.2, 0) is 47.6 Å². The number of carbonyl (C=O) groups is 6. The highest BCUT2D eigenvalue weighted by Gasteiger charge is 2.45. The fourth-order valence-corrected chi connectivity index (χ4v) is 4.90. The number of unbranched alkanes of at least 4 members (excludes halogenated alkanes) is 3. The Labute approximate surface area is 278 Å². The molecule has 0 aromatic heterocycles. The molecule has 3 N–H and O–H groups in total. The van der Waals surface area contributed by atoms with Crippen molar-refractivity contribution >= 4 is 41.2 Å². The molecular formula is C32H45N3O13. The van der Waals surface area contributed by atoms with Gasteiger partial charge < -0.3 is 38.8 Å². The van der Waals surface area contributed by atoms with E-state index >= 15 is 0 Å². The number of aliphatic carboxylic acids is 1. The molecule has 1 saturated heterocycles. The van der Waals surface area contributed by atoms with E-state index in [-0.39, 0.29) is 55.9 Å². The number of carbonyl (C=O) groups excluding carboxylic acids is 5. The number of rotatable bonds is 26. The zero-order valence-corrected chi connectivity index (χ0v) is 27.0. The van der Waals surface area contributed by atoms with Crippen LogP contribution >= 0.6 is 0 Å². The second-order valence-corrected chi connectivity index (χ2v) is 10.9. The normalized spacial score (nSPS) is 15.9. The summed E-state index contributed by atoms with van der Waals surface area (Å²) >= 11 is 0. The number of imide groups is 2. The van der Waals surface area contributed by atoms with Gasteiger partial charge in [-0.25, -0.2) is 0 Å². The molecule has 1 fully saturated rings. The maximum atomic E-state index is 13.1. The van der Waals surface area contributed by atoms with Crippen LogP contribution in [0.15, 0.2) is 18.2 Å². The molecule has 2 aliphatic heterocycles. The minimum atomic E-state index is -1.10. The van der Waals surface area contributed by atoms with Gasteiger partial charge in [0.15, 0.2) is 0 Å². The highest BCUT2D eigenvalue weighted by Crippen LogP contribution is 2.32. The van der Waals surface area contributed by atoms with Gasteiger partial charge in [0.1, 0.15) is 12.6 Å². The molecule has 266 valence electrons. The third-order valence-electron chi connectivity index (χ3n) is 7.26. The fraction of sp³-hybridized carbons (Fsp3) is 0.625. The molecule has 2 aliphatic rings. The zero-order chi connectivity index (χ0) is 34.6. The quantitative estimate of drug-likeness (QED) is 0.0930. The second-order valence-electron chi connectivity index (χ2n) is 10.9. The summed E-state index contributed by atoms with van der Waals surface area (Å²) in [5.74, 6) is -3.85. The molecular weight excluding hydrogens is 634 g/mol. The van der Waals surface area contributed by atoms with Crippen LogP contribution in [0, 0.1) is 0 Å². The van der Waals surface area contributed by atoms with Gasteiger partial charge in [-0.1, -0.05) is 18.9 Å². The van der Waals surface area contributed by atoms with Crippen LogP contribution in [0.1, 0.15) is 65.7 Å². The van der Waals surface area contributed by atoms with Crippen molar-refractivity contribution in [1.82, 2.24) is 10.2 Å². The smallest absolute Gasteiger partial charge is 0.303 e. The molecule has 0 radical (unpaired) electrons. The minimum Gasteiger partial charge on any atom is -0.481 e. The zero-order valence-electron chi connectivity index (χ0n) is 27.0. The Morgan fingerprint density at radius 3 is 1.90 bits per heavy atom. The molecule has 16 heteroatoms. The first-order valence-electron chi connectivity index (χ1n) is 16.1. The lowest BCUT2D eigenvalue weighted by Crippen LogP contribution is -2.54. The van der Waals surface area contributed by atoms with Crippen LogP contribution in [0.4, 0.5) is 5.69 Å². The number of fused-ring (bicyclic) bond motifs is 1. The topological polar surface area (TPSA) is 205 Å². The number of amides is 5. The molecule has 0 saturated carbocycles. The van der Waals surface area contributed by atoms with Crippen molar-refractivity contribution in [2.45, 2.75) is 51.0 Å². The third kappa shape index (κ3) is 13.4. The molecule has 0 bridgehead atoms. The lowest BCUT2D eigenvalue weighted by atomic mass is 10.0. The van der Waals surface area contributed by atoms with Crippen molar-refractivity contribution in [3.63, 3.8) is 0 Å². The maximum absolute atomic E-state index is 13.1. The Kier molecular flexibility index (Phi) is 17.7.